The molecule has 2 aliphatic heterocycles. The Kier molecular flexibility index (Phi) is 16.8. The number of hydrogen-bond donors (Lipinski definition) is 5. The number of fused-ring (bicyclic) bond motifs is 2. The average Bonchev–Trinajstić information content (AvgIpc) is 4.01. The number of imidazole rings is 2. The van der Waals surface area contributed by atoms with Crippen LogP contribution in [0.2, 0.25) is 36.3 Å². The highest BCUT2D eigenvalue weighted by Crippen LogP contribution is 2.42. The van der Waals surface area contributed by atoms with Crippen LogP contribution in [0.1, 0.15) is 95.0 Å². The summed E-state index contributed by atoms with van der Waals surface area (Å²) in [5.41, 5.74) is -0.0390. The van der Waals surface area contributed by atoms with Crippen molar-refractivity contribution in [1.29, 1.82) is 0 Å². The first-order chi connectivity index (χ1) is 30.7. The number of carbonyl (C=O) groups is 2. The first-order valence-corrected chi connectivity index (χ1v) is 28.5. The minimum atomic E-state index is -2.13. The Bertz CT molecular complexity index is 2250. The number of aliphatic hydroxyl groups is 1. The van der Waals surface area contributed by atoms with E-state index in [1.54, 1.807) is 36.8 Å². The fourth-order valence-corrected chi connectivity index (χ4v) is 9.24. The van der Waals surface area contributed by atoms with Gasteiger partial charge in [-0.2, -0.15) is 9.97 Å². The predicted octanol–water partition coefficient (Wildman–Crippen LogP) is 5.44. The number of aromatic amines is 2. The minimum absolute atomic E-state index is 0.00725. The molecule has 0 radical (unpaired) electrons. The maximum atomic E-state index is 12.6. The zero-order chi connectivity index (χ0) is 49.1. The number of aromatic nitrogens is 8. The minimum Gasteiger partial charge on any atom is -0.409 e. The van der Waals surface area contributed by atoms with Crippen LogP contribution in [0, 0.1) is 11.8 Å². The fourth-order valence-electron chi connectivity index (χ4n) is 6.61. The number of ether oxygens (including phenoxy) is 4. The van der Waals surface area contributed by atoms with E-state index in [4.69, 9.17) is 27.8 Å². The van der Waals surface area contributed by atoms with Crippen molar-refractivity contribution < 1.29 is 42.5 Å². The molecule has 2 aliphatic rings. The number of anilines is 2. The van der Waals surface area contributed by atoms with Crippen molar-refractivity contribution in [3.05, 3.63) is 33.4 Å². The highest BCUT2D eigenvalue weighted by molar-refractivity contribution is 6.74. The number of nitrogens with zero attached hydrogens (tertiary/aromatic N) is 6. The number of H-pyrrole nitrogens is 2. The van der Waals surface area contributed by atoms with Crippen LogP contribution in [0.3, 0.4) is 0 Å². The van der Waals surface area contributed by atoms with E-state index in [1.807, 2.05) is 6.92 Å². The quantitative estimate of drug-likeness (QED) is 0.0876. The molecule has 0 saturated carbocycles. The second-order valence-corrected chi connectivity index (χ2v) is 30.0. The van der Waals surface area contributed by atoms with Gasteiger partial charge in [-0.15, -0.1) is 0 Å². The summed E-state index contributed by atoms with van der Waals surface area (Å²) in [4.78, 5) is 71.8. The van der Waals surface area contributed by atoms with Gasteiger partial charge in [0.1, 0.15) is 12.2 Å². The molecule has 0 aliphatic carbocycles. The lowest BCUT2D eigenvalue weighted by Gasteiger charge is -2.39. The third-order valence-corrected chi connectivity index (χ3v) is 21.5. The van der Waals surface area contributed by atoms with Crippen molar-refractivity contribution >= 4 is 62.7 Å². The zero-order valence-corrected chi connectivity index (χ0v) is 43.2. The maximum absolute atomic E-state index is 12.6. The van der Waals surface area contributed by atoms with Gasteiger partial charge < -0.3 is 32.9 Å². The van der Waals surface area contributed by atoms with E-state index >= 15 is 0 Å². The summed E-state index contributed by atoms with van der Waals surface area (Å²) < 4.78 is 40.9. The second kappa shape index (κ2) is 21.0. The lowest BCUT2D eigenvalue weighted by molar-refractivity contribution is -0.119. The van der Waals surface area contributed by atoms with Gasteiger partial charge in [0.25, 0.3) is 11.1 Å². The molecule has 2 unspecified atom stereocenters. The molecule has 2 amide bonds. The molecule has 0 aromatic carbocycles. The maximum Gasteiger partial charge on any atom is 0.280 e. The first kappa shape index (κ1) is 52.8. The van der Waals surface area contributed by atoms with Crippen molar-refractivity contribution in [2.45, 2.75) is 156 Å². The molecule has 0 spiro atoms. The van der Waals surface area contributed by atoms with Gasteiger partial charge in [-0.05, 0) is 42.7 Å². The molecular weight excluding hydrogens is 889 g/mol. The SMILES string of the molecule is CC(C)C(=O)Nc1nc2c(ncn2[C@@H]2OCC(O[Si](C)(C)C(C)(C)C)[C@@H]2OCCO)c(=O)[nH]1.CCCO[C@H]1C(O[Si](C)(C)C(C)(C)C)CO[C@H]1n1cnc2c(=O)[nH]c(NC(=O)C(C)C)nc21. The van der Waals surface area contributed by atoms with Gasteiger partial charge in [-0.3, -0.25) is 48.9 Å². The van der Waals surface area contributed by atoms with Crippen LogP contribution in [0.15, 0.2) is 22.2 Å². The number of amides is 2. The number of nitrogens with one attached hydrogen (secondary N) is 4. The normalized spacial score (nSPS) is 21.8. The summed E-state index contributed by atoms with van der Waals surface area (Å²) in [6.45, 7) is 32.0. The molecule has 2 fully saturated rings. The van der Waals surface area contributed by atoms with E-state index in [2.05, 4.69) is 108 Å². The highest BCUT2D eigenvalue weighted by Gasteiger charge is 2.48. The molecule has 0 bridgehead atoms. The summed E-state index contributed by atoms with van der Waals surface area (Å²) in [7, 11) is -4.20. The molecule has 23 heteroatoms. The molecule has 2 saturated heterocycles. The standard InChI is InChI=1S/C22H37N5O5Si.C21H35N5O6Si/c1-9-10-30-16-14(32-33(7,8)22(4,5)6)11-31-20(16)27-12-23-15-17(27)24-21(26-19(15)29)25-18(28)13(2)3;1-12(2)17(28)24-20-23-16-14(18(29)25-20)22-11-26(16)19-15(30-9-8-27)13(10-31-19)32-33(6,7)21(3,4)5/h12-14,16,20H,9-11H2,1-8H3,(H2,24,25,26,28,29);11-13,15,19,27H,8-10H2,1-7H3,(H2,23,24,25,28,29)/t14?,16-,20+;13?,15-,19+/m00/s1. The predicted molar refractivity (Wildman–Crippen MR) is 254 cm³/mol. The van der Waals surface area contributed by atoms with E-state index < -0.39 is 46.3 Å². The van der Waals surface area contributed by atoms with Gasteiger partial charge in [0.2, 0.25) is 23.7 Å². The van der Waals surface area contributed by atoms with Gasteiger partial charge in [-0.25, -0.2) is 9.97 Å². The van der Waals surface area contributed by atoms with Gasteiger partial charge >= 0.3 is 0 Å². The van der Waals surface area contributed by atoms with Crippen LogP contribution in [0.25, 0.3) is 22.3 Å². The van der Waals surface area contributed by atoms with Crippen molar-refractivity contribution in [2.75, 3.05) is 43.7 Å². The Morgan fingerprint density at radius 1 is 0.742 bits per heavy atom. The summed E-state index contributed by atoms with van der Waals surface area (Å²) in [6, 6.07) is 0. The van der Waals surface area contributed by atoms with E-state index in [1.165, 1.54) is 12.7 Å². The zero-order valence-electron chi connectivity index (χ0n) is 41.2. The smallest absolute Gasteiger partial charge is 0.280 e. The van der Waals surface area contributed by atoms with Gasteiger partial charge in [0.05, 0.1) is 51.3 Å². The van der Waals surface area contributed by atoms with Crippen molar-refractivity contribution in [1.82, 2.24) is 39.0 Å². The van der Waals surface area contributed by atoms with Crippen LogP contribution in [-0.4, -0.2) is 130 Å². The number of carbonyl (C=O) groups excluding carboxylic acids is 2. The van der Waals surface area contributed by atoms with E-state index in [9.17, 15) is 24.3 Å². The molecule has 4 aromatic heterocycles. The lowest BCUT2D eigenvalue weighted by atomic mass is 10.2. The topological polar surface area (TPSA) is 261 Å². The van der Waals surface area contributed by atoms with Crippen LogP contribution in [-0.2, 0) is 37.4 Å². The molecule has 5 N–H and O–H groups in total. The highest BCUT2D eigenvalue weighted by atomic mass is 28.4. The van der Waals surface area contributed by atoms with Crippen LogP contribution < -0.4 is 21.8 Å². The molecule has 368 valence electrons. The Labute approximate surface area is 387 Å². The van der Waals surface area contributed by atoms with E-state index in [-0.39, 0.29) is 100 Å². The van der Waals surface area contributed by atoms with Crippen molar-refractivity contribution in [3.63, 3.8) is 0 Å². The Balaban J connectivity index is 0.000000247. The van der Waals surface area contributed by atoms with Gasteiger partial charge in [-0.1, -0.05) is 76.2 Å². The van der Waals surface area contributed by atoms with Crippen LogP contribution in [0.4, 0.5) is 11.9 Å². The van der Waals surface area contributed by atoms with Crippen molar-refractivity contribution in [3.8, 4) is 0 Å². The van der Waals surface area contributed by atoms with Crippen LogP contribution >= 0.6 is 0 Å². The lowest BCUT2D eigenvalue weighted by Crippen LogP contribution is -2.48. The monoisotopic (exact) mass is 960 g/mol. The average molecular weight is 961 g/mol. The summed E-state index contributed by atoms with van der Waals surface area (Å²) in [5, 5.41) is 14.6. The molecule has 21 nitrogen and oxygen atoms in total. The Morgan fingerprint density at radius 3 is 1.45 bits per heavy atom. The first-order valence-electron chi connectivity index (χ1n) is 22.7. The van der Waals surface area contributed by atoms with Gasteiger partial charge in [0, 0.05) is 18.4 Å². The molecule has 6 heterocycles. The van der Waals surface area contributed by atoms with Crippen LogP contribution in [0.5, 0.6) is 0 Å². The summed E-state index contributed by atoms with van der Waals surface area (Å²) in [5.74, 6) is -0.938. The Hall–Kier alpha value is -4.21. The molecule has 4 aromatic rings. The molecule has 6 atom stereocenters. The number of rotatable bonds is 16. The molecular formula is C43H72N10O11Si2. The third kappa shape index (κ3) is 11.9. The Morgan fingerprint density at radius 2 is 1.12 bits per heavy atom. The fraction of sp³-hybridized carbons (Fsp3) is 0.721. The van der Waals surface area contributed by atoms with Gasteiger partial charge in [0.15, 0.2) is 51.4 Å². The number of aliphatic hydroxyl groups excluding tert-OH is 1. The van der Waals surface area contributed by atoms with E-state index in [0.717, 1.165) is 6.42 Å². The molecule has 6 rings (SSSR count). The molecule has 66 heavy (non-hydrogen) atoms. The van der Waals surface area contributed by atoms with Crippen molar-refractivity contribution in [2.24, 2.45) is 11.8 Å². The third-order valence-electron chi connectivity index (χ3n) is 12.5. The van der Waals surface area contributed by atoms with E-state index in [0.29, 0.717) is 18.9 Å². The summed E-state index contributed by atoms with van der Waals surface area (Å²) in [6.07, 6.45) is 1.09. The number of hydrogen-bond acceptors (Lipinski definition) is 15. The summed E-state index contributed by atoms with van der Waals surface area (Å²) >= 11 is 0. The second-order valence-electron chi connectivity index (χ2n) is 20.4. The largest absolute Gasteiger partial charge is 0.409 e.